The Morgan fingerprint density at radius 1 is 1.03 bits per heavy atom. The molecule has 3 aromatic rings. The normalized spacial score (nSPS) is 16.1. The highest BCUT2D eigenvalue weighted by Crippen LogP contribution is 2.35. The number of carbonyl (C=O) groups is 2. The molecule has 0 saturated carbocycles. The fraction of sp³-hybridized carbons (Fsp3) is 0.130. The summed E-state index contributed by atoms with van der Waals surface area (Å²) in [6, 6.07) is 22.5. The number of nitrogens with zero attached hydrogens (tertiary/aromatic N) is 3. The molecule has 2 aromatic carbocycles. The molecule has 0 aliphatic carbocycles. The number of amides is 2. The van der Waals surface area contributed by atoms with Gasteiger partial charge in [0.1, 0.15) is 11.1 Å². The molecule has 1 aromatic heterocycles. The monoisotopic (exact) mass is 399 g/mol. The molecule has 2 amide bonds. The standard InChI is InChI=1S/C23H17N3O2S/c1-15-7-10-18(11-8-15)26-21(27)13-20(23(26)28)29-22-17(14-24)9-12-19(25-22)16-5-3-2-4-6-16/h2-12,20H,13H2,1H3. The van der Waals surface area contributed by atoms with E-state index in [-0.39, 0.29) is 18.2 Å². The summed E-state index contributed by atoms with van der Waals surface area (Å²) in [5.41, 5.74) is 3.66. The van der Waals surface area contributed by atoms with E-state index in [2.05, 4.69) is 11.1 Å². The summed E-state index contributed by atoms with van der Waals surface area (Å²) in [7, 11) is 0. The molecule has 5 nitrogen and oxygen atoms in total. The molecule has 1 aliphatic heterocycles. The quantitative estimate of drug-likeness (QED) is 0.610. The van der Waals surface area contributed by atoms with E-state index in [1.165, 1.54) is 16.7 Å². The average Bonchev–Trinajstić information content (AvgIpc) is 3.02. The van der Waals surface area contributed by atoms with Gasteiger partial charge in [-0.3, -0.25) is 9.59 Å². The van der Waals surface area contributed by atoms with Gasteiger partial charge in [-0.05, 0) is 31.2 Å². The average molecular weight is 399 g/mol. The molecule has 2 heterocycles. The molecule has 1 atom stereocenters. The fourth-order valence-corrected chi connectivity index (χ4v) is 4.27. The van der Waals surface area contributed by atoms with Gasteiger partial charge in [-0.25, -0.2) is 9.88 Å². The molecule has 29 heavy (non-hydrogen) atoms. The number of thioether (sulfide) groups is 1. The Hall–Kier alpha value is -3.43. The second-order valence-corrected chi connectivity index (χ2v) is 7.93. The van der Waals surface area contributed by atoms with Gasteiger partial charge in [0, 0.05) is 12.0 Å². The van der Waals surface area contributed by atoms with Crippen molar-refractivity contribution in [1.29, 1.82) is 5.26 Å². The Morgan fingerprint density at radius 3 is 2.45 bits per heavy atom. The number of anilines is 1. The molecule has 0 radical (unpaired) electrons. The van der Waals surface area contributed by atoms with Crippen molar-refractivity contribution in [3.63, 3.8) is 0 Å². The molecule has 1 unspecified atom stereocenters. The summed E-state index contributed by atoms with van der Waals surface area (Å²) in [5.74, 6) is -0.520. The van der Waals surface area contributed by atoms with Gasteiger partial charge in [-0.2, -0.15) is 5.26 Å². The van der Waals surface area contributed by atoms with E-state index in [0.717, 1.165) is 16.8 Å². The molecule has 1 fully saturated rings. The maximum atomic E-state index is 12.9. The summed E-state index contributed by atoms with van der Waals surface area (Å²) in [5, 5.41) is 9.32. The van der Waals surface area contributed by atoms with E-state index in [9.17, 15) is 14.9 Å². The molecule has 0 N–H and O–H groups in total. The highest BCUT2D eigenvalue weighted by Gasteiger charge is 2.40. The van der Waals surface area contributed by atoms with Crippen molar-refractivity contribution in [2.24, 2.45) is 0 Å². The summed E-state index contributed by atoms with van der Waals surface area (Å²) in [6.07, 6.45) is 0.0828. The van der Waals surface area contributed by atoms with Crippen LogP contribution in [0, 0.1) is 18.3 Å². The second kappa shape index (κ2) is 7.90. The highest BCUT2D eigenvalue weighted by atomic mass is 32.2. The van der Waals surface area contributed by atoms with E-state index in [4.69, 9.17) is 0 Å². The van der Waals surface area contributed by atoms with Crippen LogP contribution in [0.1, 0.15) is 17.5 Å². The van der Waals surface area contributed by atoms with E-state index in [0.29, 0.717) is 16.3 Å². The third-order valence-electron chi connectivity index (χ3n) is 4.70. The Balaban J connectivity index is 1.62. The van der Waals surface area contributed by atoms with Crippen molar-refractivity contribution in [3.8, 4) is 17.3 Å². The van der Waals surface area contributed by atoms with Gasteiger partial charge < -0.3 is 0 Å². The molecule has 1 saturated heterocycles. The van der Waals surface area contributed by atoms with Gasteiger partial charge in [0.05, 0.1) is 22.2 Å². The van der Waals surface area contributed by atoms with E-state index >= 15 is 0 Å². The van der Waals surface area contributed by atoms with E-state index < -0.39 is 5.25 Å². The topological polar surface area (TPSA) is 74.1 Å². The fourth-order valence-electron chi connectivity index (χ4n) is 3.18. The van der Waals surface area contributed by atoms with Crippen LogP contribution in [-0.2, 0) is 9.59 Å². The lowest BCUT2D eigenvalue weighted by molar-refractivity contribution is -0.121. The van der Waals surface area contributed by atoms with Crippen molar-refractivity contribution >= 4 is 29.3 Å². The second-order valence-electron chi connectivity index (χ2n) is 6.74. The lowest BCUT2D eigenvalue weighted by atomic mass is 10.1. The number of aromatic nitrogens is 1. The minimum absolute atomic E-state index is 0.0828. The smallest absolute Gasteiger partial charge is 0.247 e. The van der Waals surface area contributed by atoms with Crippen LogP contribution in [-0.4, -0.2) is 22.0 Å². The summed E-state index contributed by atoms with van der Waals surface area (Å²) in [6.45, 7) is 1.95. The van der Waals surface area contributed by atoms with Gasteiger partial charge in [0.15, 0.2) is 0 Å². The van der Waals surface area contributed by atoms with Crippen molar-refractivity contribution < 1.29 is 9.59 Å². The Kier molecular flexibility index (Phi) is 5.15. The summed E-state index contributed by atoms with van der Waals surface area (Å²) in [4.78, 5) is 31.3. The maximum Gasteiger partial charge on any atom is 0.247 e. The first kappa shape index (κ1) is 18.9. The molecular formula is C23H17N3O2S. The number of aryl methyl sites for hydroxylation is 1. The molecule has 4 rings (SSSR count). The largest absolute Gasteiger partial charge is 0.274 e. The lowest BCUT2D eigenvalue weighted by Gasteiger charge is -2.15. The number of imide groups is 1. The number of rotatable bonds is 4. The van der Waals surface area contributed by atoms with Gasteiger partial charge in [-0.1, -0.05) is 59.8 Å². The van der Waals surface area contributed by atoms with Gasteiger partial charge in [-0.15, -0.1) is 0 Å². The van der Waals surface area contributed by atoms with Crippen LogP contribution in [0.25, 0.3) is 11.3 Å². The van der Waals surface area contributed by atoms with Crippen molar-refractivity contribution in [2.75, 3.05) is 4.90 Å². The van der Waals surface area contributed by atoms with Crippen molar-refractivity contribution in [1.82, 2.24) is 4.98 Å². The minimum Gasteiger partial charge on any atom is -0.274 e. The zero-order chi connectivity index (χ0) is 20.4. The van der Waals surface area contributed by atoms with Crippen molar-refractivity contribution in [3.05, 3.63) is 77.9 Å². The maximum absolute atomic E-state index is 12.9. The summed E-state index contributed by atoms with van der Waals surface area (Å²) < 4.78 is 0. The van der Waals surface area contributed by atoms with Crippen LogP contribution < -0.4 is 4.90 Å². The molecule has 0 bridgehead atoms. The first-order chi connectivity index (χ1) is 14.1. The molecular weight excluding hydrogens is 382 g/mol. The number of carbonyl (C=O) groups excluding carboxylic acids is 2. The first-order valence-electron chi connectivity index (χ1n) is 9.13. The van der Waals surface area contributed by atoms with Crippen LogP contribution in [0.4, 0.5) is 5.69 Å². The Bertz CT molecular complexity index is 1120. The number of nitriles is 1. The van der Waals surface area contributed by atoms with Gasteiger partial charge in [0.2, 0.25) is 11.8 Å². The number of hydrogen-bond donors (Lipinski definition) is 0. The van der Waals surface area contributed by atoms with Crippen LogP contribution >= 0.6 is 11.8 Å². The van der Waals surface area contributed by atoms with Crippen LogP contribution in [0.5, 0.6) is 0 Å². The predicted octanol–water partition coefficient (Wildman–Crippen LogP) is 4.35. The van der Waals surface area contributed by atoms with E-state index in [1.54, 1.807) is 24.3 Å². The molecule has 142 valence electrons. The first-order valence-corrected chi connectivity index (χ1v) is 10.0. The number of benzene rings is 2. The van der Waals surface area contributed by atoms with Gasteiger partial charge in [0.25, 0.3) is 0 Å². The Morgan fingerprint density at radius 2 is 1.76 bits per heavy atom. The third kappa shape index (κ3) is 3.78. The van der Waals surface area contributed by atoms with Crippen LogP contribution in [0.15, 0.2) is 71.8 Å². The predicted molar refractivity (Wildman–Crippen MR) is 112 cm³/mol. The van der Waals surface area contributed by atoms with Gasteiger partial charge >= 0.3 is 0 Å². The lowest BCUT2D eigenvalue weighted by Crippen LogP contribution is -2.31. The zero-order valence-electron chi connectivity index (χ0n) is 15.7. The summed E-state index contributed by atoms with van der Waals surface area (Å²) >= 11 is 1.18. The zero-order valence-corrected chi connectivity index (χ0v) is 16.5. The van der Waals surface area contributed by atoms with Crippen LogP contribution in [0.3, 0.4) is 0 Å². The minimum atomic E-state index is -0.602. The molecule has 1 aliphatic rings. The Labute approximate surface area is 173 Å². The van der Waals surface area contributed by atoms with Crippen LogP contribution in [0.2, 0.25) is 0 Å². The SMILES string of the molecule is Cc1ccc(N2C(=O)CC(Sc3nc(-c4ccccc4)ccc3C#N)C2=O)cc1. The van der Waals surface area contributed by atoms with E-state index in [1.807, 2.05) is 49.4 Å². The molecule has 6 heteroatoms. The number of pyridine rings is 1. The number of hydrogen-bond acceptors (Lipinski definition) is 5. The molecule has 0 spiro atoms. The third-order valence-corrected chi connectivity index (χ3v) is 5.89. The highest BCUT2D eigenvalue weighted by molar-refractivity contribution is 8.00. The van der Waals surface area contributed by atoms with Crippen molar-refractivity contribution in [2.45, 2.75) is 23.6 Å².